The molecule has 1 unspecified atom stereocenters. The van der Waals surface area contributed by atoms with Crippen molar-refractivity contribution in [3.8, 4) is 0 Å². The molecule has 1 aromatic rings. The van der Waals surface area contributed by atoms with Gasteiger partial charge in [-0.25, -0.2) is 0 Å². The molecule has 0 aliphatic rings. The Kier molecular flexibility index (Phi) is 4.39. The molecule has 4 N–H and O–H groups in total. The zero-order chi connectivity index (χ0) is 12.1. The highest BCUT2D eigenvalue weighted by atomic mass is 16.6. The van der Waals surface area contributed by atoms with Gasteiger partial charge in [0, 0.05) is 12.1 Å². The summed E-state index contributed by atoms with van der Waals surface area (Å²) in [6.45, 7) is 3.08. The van der Waals surface area contributed by atoms with Crippen molar-refractivity contribution in [3.63, 3.8) is 0 Å². The lowest BCUT2D eigenvalue weighted by atomic mass is 9.87. The van der Waals surface area contributed by atoms with Crippen LogP contribution in [0.15, 0.2) is 24.3 Å². The van der Waals surface area contributed by atoms with Crippen molar-refractivity contribution in [1.29, 1.82) is 0 Å². The molecule has 0 saturated heterocycles. The average molecular weight is 223 g/mol. The molecule has 0 aromatic heterocycles. The van der Waals surface area contributed by atoms with Gasteiger partial charge in [0.15, 0.2) is 0 Å². The molecule has 0 radical (unpaired) electrons. The van der Waals surface area contributed by atoms with Gasteiger partial charge in [-0.2, -0.15) is 0 Å². The number of non-ortho nitro benzene ring substituents is 1. The van der Waals surface area contributed by atoms with Crippen LogP contribution in [0.3, 0.4) is 0 Å². The molecule has 1 rings (SSSR count). The predicted octanol–water partition coefficient (Wildman–Crippen LogP) is 1.23. The second-order valence-corrected chi connectivity index (χ2v) is 3.87. The second kappa shape index (κ2) is 5.58. The summed E-state index contributed by atoms with van der Waals surface area (Å²) in [5.41, 5.74) is 12.4. The van der Waals surface area contributed by atoms with Gasteiger partial charge in [-0.1, -0.05) is 19.1 Å². The fraction of sp³-hybridized carbons (Fsp3) is 0.455. The number of nitrogens with two attached hydrogens (primary N) is 2. The molecule has 0 saturated carbocycles. The lowest BCUT2D eigenvalue weighted by Gasteiger charge is -2.20. The first-order chi connectivity index (χ1) is 7.60. The highest BCUT2D eigenvalue weighted by Gasteiger charge is 2.16. The van der Waals surface area contributed by atoms with E-state index < -0.39 is 4.92 Å². The molecule has 1 atom stereocenters. The van der Waals surface area contributed by atoms with Gasteiger partial charge in [0.1, 0.15) is 0 Å². The molecule has 0 heterocycles. The molecule has 88 valence electrons. The Morgan fingerprint density at radius 1 is 1.25 bits per heavy atom. The van der Waals surface area contributed by atoms with Crippen molar-refractivity contribution in [1.82, 2.24) is 0 Å². The zero-order valence-electron chi connectivity index (χ0n) is 9.30. The topological polar surface area (TPSA) is 95.2 Å². The zero-order valence-corrected chi connectivity index (χ0v) is 9.30. The Bertz CT molecular complexity index is 347. The van der Waals surface area contributed by atoms with Crippen LogP contribution in [0.25, 0.3) is 0 Å². The summed E-state index contributed by atoms with van der Waals surface area (Å²) in [4.78, 5) is 10.1. The van der Waals surface area contributed by atoms with Crippen molar-refractivity contribution in [3.05, 3.63) is 39.9 Å². The van der Waals surface area contributed by atoms with E-state index in [1.807, 2.05) is 6.92 Å². The molecule has 0 amide bonds. The molecule has 0 aliphatic carbocycles. The number of hydrogen-bond donors (Lipinski definition) is 2. The lowest BCUT2D eigenvalue weighted by molar-refractivity contribution is -0.384. The van der Waals surface area contributed by atoms with Crippen LogP contribution in [0.2, 0.25) is 0 Å². The minimum atomic E-state index is -0.405. The molecule has 0 aliphatic heterocycles. The molecule has 5 heteroatoms. The van der Waals surface area contributed by atoms with Crippen LogP contribution in [0.5, 0.6) is 0 Å². The third kappa shape index (κ3) is 2.77. The Hall–Kier alpha value is -1.46. The second-order valence-electron chi connectivity index (χ2n) is 3.87. The van der Waals surface area contributed by atoms with Gasteiger partial charge in [-0.15, -0.1) is 0 Å². The van der Waals surface area contributed by atoms with Crippen molar-refractivity contribution < 1.29 is 4.92 Å². The summed E-state index contributed by atoms with van der Waals surface area (Å²) in [7, 11) is 0. The van der Waals surface area contributed by atoms with E-state index in [1.165, 1.54) is 12.1 Å². The summed E-state index contributed by atoms with van der Waals surface area (Å²) in [6, 6.07) is 6.55. The van der Waals surface area contributed by atoms with Crippen molar-refractivity contribution in [2.45, 2.75) is 12.8 Å². The number of nitrogens with zero attached hydrogens (tertiary/aromatic N) is 1. The first kappa shape index (κ1) is 12.6. The van der Waals surface area contributed by atoms with Gasteiger partial charge in [0.25, 0.3) is 5.69 Å². The highest BCUT2D eigenvalue weighted by Crippen LogP contribution is 2.24. The molecule has 0 spiro atoms. The maximum atomic E-state index is 10.5. The fourth-order valence-electron chi connectivity index (χ4n) is 1.68. The lowest BCUT2D eigenvalue weighted by Crippen LogP contribution is -2.27. The normalized spacial score (nSPS) is 12.8. The van der Waals surface area contributed by atoms with Crippen molar-refractivity contribution in [2.24, 2.45) is 17.4 Å². The maximum Gasteiger partial charge on any atom is 0.269 e. The standard InChI is InChI=1S/C11H17N3O2/c1-8(10(6-12)7-13)9-2-4-11(5-3-9)14(15)16/h2-5,8,10H,6-7,12-13H2,1H3. The van der Waals surface area contributed by atoms with Crippen LogP contribution in [-0.4, -0.2) is 18.0 Å². The summed E-state index contributed by atoms with van der Waals surface area (Å²) in [5, 5.41) is 10.5. The van der Waals surface area contributed by atoms with Gasteiger partial charge >= 0.3 is 0 Å². The number of benzene rings is 1. The largest absolute Gasteiger partial charge is 0.330 e. The molecule has 5 nitrogen and oxygen atoms in total. The third-order valence-electron chi connectivity index (χ3n) is 2.94. The van der Waals surface area contributed by atoms with E-state index in [9.17, 15) is 10.1 Å². The van der Waals surface area contributed by atoms with E-state index in [2.05, 4.69) is 0 Å². The SMILES string of the molecule is CC(c1ccc([N+](=O)[O-])cc1)C(CN)CN. The maximum absolute atomic E-state index is 10.5. The Morgan fingerprint density at radius 2 is 1.75 bits per heavy atom. The summed E-state index contributed by atoms with van der Waals surface area (Å²) in [5.74, 6) is 0.428. The van der Waals surface area contributed by atoms with E-state index in [1.54, 1.807) is 12.1 Å². The number of nitro benzene ring substituents is 1. The number of hydrogen-bond acceptors (Lipinski definition) is 4. The molecule has 0 bridgehead atoms. The number of nitro groups is 1. The summed E-state index contributed by atoms with van der Waals surface area (Å²) < 4.78 is 0. The fourth-order valence-corrected chi connectivity index (χ4v) is 1.68. The van der Waals surface area contributed by atoms with Crippen LogP contribution in [0.4, 0.5) is 5.69 Å². The van der Waals surface area contributed by atoms with E-state index in [-0.39, 0.29) is 17.5 Å². The summed E-state index contributed by atoms with van der Waals surface area (Å²) in [6.07, 6.45) is 0. The van der Waals surface area contributed by atoms with Crippen LogP contribution in [-0.2, 0) is 0 Å². The first-order valence-corrected chi connectivity index (χ1v) is 5.24. The first-order valence-electron chi connectivity index (χ1n) is 5.24. The molecule has 16 heavy (non-hydrogen) atoms. The Labute approximate surface area is 94.6 Å². The Balaban J connectivity index is 2.84. The molecular formula is C11H17N3O2. The van der Waals surface area contributed by atoms with Crippen LogP contribution in [0, 0.1) is 16.0 Å². The van der Waals surface area contributed by atoms with Crippen LogP contribution < -0.4 is 11.5 Å². The quantitative estimate of drug-likeness (QED) is 0.579. The Morgan fingerprint density at radius 3 is 2.12 bits per heavy atom. The average Bonchev–Trinajstić information content (AvgIpc) is 2.30. The minimum Gasteiger partial charge on any atom is -0.330 e. The van der Waals surface area contributed by atoms with Gasteiger partial charge in [0.05, 0.1) is 4.92 Å². The van der Waals surface area contributed by atoms with Gasteiger partial charge in [-0.05, 0) is 30.5 Å². The smallest absolute Gasteiger partial charge is 0.269 e. The summed E-state index contributed by atoms with van der Waals surface area (Å²) >= 11 is 0. The van der Waals surface area contributed by atoms with E-state index in [0.29, 0.717) is 13.1 Å². The van der Waals surface area contributed by atoms with E-state index >= 15 is 0 Å². The molecule has 0 fully saturated rings. The van der Waals surface area contributed by atoms with Crippen molar-refractivity contribution >= 4 is 5.69 Å². The van der Waals surface area contributed by atoms with Crippen molar-refractivity contribution in [2.75, 3.05) is 13.1 Å². The molecule has 1 aromatic carbocycles. The minimum absolute atomic E-state index is 0.105. The van der Waals surface area contributed by atoms with Crippen LogP contribution >= 0.6 is 0 Å². The molecular weight excluding hydrogens is 206 g/mol. The number of rotatable bonds is 5. The van der Waals surface area contributed by atoms with Gasteiger partial charge in [-0.3, -0.25) is 10.1 Å². The predicted molar refractivity (Wildman–Crippen MR) is 63.1 cm³/mol. The third-order valence-corrected chi connectivity index (χ3v) is 2.94. The van der Waals surface area contributed by atoms with Gasteiger partial charge in [0.2, 0.25) is 0 Å². The monoisotopic (exact) mass is 223 g/mol. The van der Waals surface area contributed by atoms with Gasteiger partial charge < -0.3 is 11.5 Å². The van der Waals surface area contributed by atoms with E-state index in [4.69, 9.17) is 11.5 Å². The van der Waals surface area contributed by atoms with Crippen LogP contribution in [0.1, 0.15) is 18.4 Å². The highest BCUT2D eigenvalue weighted by molar-refractivity contribution is 5.34. The van der Waals surface area contributed by atoms with E-state index in [0.717, 1.165) is 5.56 Å².